The van der Waals surface area contributed by atoms with Gasteiger partial charge in [-0.3, -0.25) is 0 Å². The molecule has 0 aliphatic heterocycles. The predicted molar refractivity (Wildman–Crippen MR) is 57.4 cm³/mol. The van der Waals surface area contributed by atoms with Crippen molar-refractivity contribution in [1.82, 2.24) is 9.88 Å². The van der Waals surface area contributed by atoms with Crippen LogP contribution in [0.5, 0.6) is 5.88 Å². The zero-order valence-corrected chi connectivity index (χ0v) is 8.95. The third kappa shape index (κ3) is 2.88. The molecule has 0 radical (unpaired) electrons. The molecule has 0 saturated heterocycles. The molecule has 0 aliphatic rings. The standard InChI is InChI=1S/C10H17N3O/c1-8-4-5-12-10(9(8)11)14-7-6-13(2)3/h4-5H,6-7,11H2,1-3H3. The van der Waals surface area contributed by atoms with Crippen molar-refractivity contribution >= 4 is 5.69 Å². The lowest BCUT2D eigenvalue weighted by Gasteiger charge is -2.12. The number of rotatable bonds is 4. The molecule has 78 valence electrons. The van der Waals surface area contributed by atoms with Gasteiger partial charge in [0.15, 0.2) is 0 Å². The summed E-state index contributed by atoms with van der Waals surface area (Å²) in [6.45, 7) is 3.40. The minimum atomic E-state index is 0.534. The summed E-state index contributed by atoms with van der Waals surface area (Å²) in [7, 11) is 3.99. The molecule has 1 aromatic rings. The van der Waals surface area contributed by atoms with Gasteiger partial charge in [0.2, 0.25) is 5.88 Å². The molecule has 14 heavy (non-hydrogen) atoms. The molecule has 0 aliphatic carbocycles. The van der Waals surface area contributed by atoms with Crippen LogP contribution in [0.25, 0.3) is 0 Å². The van der Waals surface area contributed by atoms with Crippen LogP contribution in [0.4, 0.5) is 5.69 Å². The predicted octanol–water partition coefficient (Wildman–Crippen LogP) is 0.913. The van der Waals surface area contributed by atoms with Crippen LogP contribution in [0.3, 0.4) is 0 Å². The molecule has 1 heterocycles. The third-order valence-electron chi connectivity index (χ3n) is 1.95. The van der Waals surface area contributed by atoms with Gasteiger partial charge in [0.1, 0.15) is 6.61 Å². The average molecular weight is 195 g/mol. The summed E-state index contributed by atoms with van der Waals surface area (Å²) in [6, 6.07) is 1.87. The van der Waals surface area contributed by atoms with E-state index in [4.69, 9.17) is 10.5 Å². The van der Waals surface area contributed by atoms with Gasteiger partial charge in [-0.15, -0.1) is 0 Å². The number of aromatic nitrogens is 1. The fourth-order valence-corrected chi connectivity index (χ4v) is 0.985. The molecule has 0 unspecified atom stereocenters. The van der Waals surface area contributed by atoms with E-state index in [1.54, 1.807) is 6.20 Å². The highest BCUT2D eigenvalue weighted by Gasteiger charge is 2.03. The van der Waals surface area contributed by atoms with Crippen molar-refractivity contribution in [3.8, 4) is 5.88 Å². The Balaban J connectivity index is 2.54. The van der Waals surface area contributed by atoms with E-state index in [1.807, 2.05) is 32.0 Å². The summed E-state index contributed by atoms with van der Waals surface area (Å²) in [5.41, 5.74) is 7.43. The van der Waals surface area contributed by atoms with Crippen LogP contribution in [0.2, 0.25) is 0 Å². The minimum Gasteiger partial charge on any atom is -0.475 e. The largest absolute Gasteiger partial charge is 0.475 e. The Morgan fingerprint density at radius 1 is 1.50 bits per heavy atom. The number of likely N-dealkylation sites (N-methyl/N-ethyl adjacent to an activating group) is 1. The van der Waals surface area contributed by atoms with Gasteiger partial charge in [-0.2, -0.15) is 0 Å². The molecule has 0 bridgehead atoms. The molecule has 4 heteroatoms. The molecular weight excluding hydrogens is 178 g/mol. The maximum Gasteiger partial charge on any atom is 0.237 e. The highest BCUT2D eigenvalue weighted by molar-refractivity contribution is 5.53. The maximum absolute atomic E-state index is 5.80. The lowest BCUT2D eigenvalue weighted by atomic mass is 10.2. The van der Waals surface area contributed by atoms with Gasteiger partial charge in [0, 0.05) is 12.7 Å². The second-order valence-electron chi connectivity index (χ2n) is 3.50. The van der Waals surface area contributed by atoms with Crippen molar-refractivity contribution in [2.75, 3.05) is 33.0 Å². The van der Waals surface area contributed by atoms with E-state index in [-0.39, 0.29) is 0 Å². The number of hydrogen-bond donors (Lipinski definition) is 1. The van der Waals surface area contributed by atoms with Crippen molar-refractivity contribution in [3.63, 3.8) is 0 Å². The maximum atomic E-state index is 5.80. The van der Waals surface area contributed by atoms with E-state index in [0.29, 0.717) is 18.2 Å². The number of anilines is 1. The molecule has 0 spiro atoms. The molecule has 0 saturated carbocycles. The third-order valence-corrected chi connectivity index (χ3v) is 1.95. The van der Waals surface area contributed by atoms with Crippen molar-refractivity contribution in [1.29, 1.82) is 0 Å². The van der Waals surface area contributed by atoms with Gasteiger partial charge in [0.25, 0.3) is 0 Å². The fraction of sp³-hybridized carbons (Fsp3) is 0.500. The molecule has 2 N–H and O–H groups in total. The summed E-state index contributed by atoms with van der Waals surface area (Å²) in [4.78, 5) is 6.12. The van der Waals surface area contributed by atoms with Gasteiger partial charge in [0.05, 0.1) is 5.69 Å². The Morgan fingerprint density at radius 2 is 2.21 bits per heavy atom. The Bertz CT molecular complexity index is 299. The Labute approximate surface area is 84.7 Å². The zero-order valence-electron chi connectivity index (χ0n) is 8.95. The van der Waals surface area contributed by atoms with Crippen molar-refractivity contribution < 1.29 is 4.74 Å². The molecule has 4 nitrogen and oxygen atoms in total. The van der Waals surface area contributed by atoms with E-state index >= 15 is 0 Å². The smallest absolute Gasteiger partial charge is 0.237 e. The molecule has 1 aromatic heterocycles. The lowest BCUT2D eigenvalue weighted by molar-refractivity contribution is 0.255. The number of ether oxygens (including phenoxy) is 1. The van der Waals surface area contributed by atoms with Crippen molar-refractivity contribution in [2.24, 2.45) is 0 Å². The first kappa shape index (κ1) is 10.8. The first-order valence-corrected chi connectivity index (χ1v) is 4.60. The van der Waals surface area contributed by atoms with Crippen LogP contribution >= 0.6 is 0 Å². The highest BCUT2D eigenvalue weighted by atomic mass is 16.5. The first-order valence-electron chi connectivity index (χ1n) is 4.60. The normalized spacial score (nSPS) is 10.6. The second-order valence-corrected chi connectivity index (χ2v) is 3.50. The van der Waals surface area contributed by atoms with E-state index in [1.165, 1.54) is 0 Å². The van der Waals surface area contributed by atoms with E-state index < -0.39 is 0 Å². The van der Waals surface area contributed by atoms with Crippen molar-refractivity contribution in [2.45, 2.75) is 6.92 Å². The number of aryl methyl sites for hydroxylation is 1. The van der Waals surface area contributed by atoms with E-state index in [9.17, 15) is 0 Å². The number of nitrogen functional groups attached to an aromatic ring is 1. The van der Waals surface area contributed by atoms with Crippen LogP contribution in [0.15, 0.2) is 12.3 Å². The van der Waals surface area contributed by atoms with Gasteiger partial charge < -0.3 is 15.4 Å². The average Bonchev–Trinajstić information content (AvgIpc) is 2.12. The van der Waals surface area contributed by atoms with Gasteiger partial charge in [-0.05, 0) is 32.6 Å². The summed E-state index contributed by atoms with van der Waals surface area (Å²) < 4.78 is 5.45. The first-order chi connectivity index (χ1) is 6.61. The topological polar surface area (TPSA) is 51.4 Å². The van der Waals surface area contributed by atoms with Gasteiger partial charge in [-0.25, -0.2) is 4.98 Å². The SMILES string of the molecule is Cc1ccnc(OCCN(C)C)c1N. The molecule has 0 amide bonds. The van der Waals surface area contributed by atoms with E-state index in [0.717, 1.165) is 12.1 Å². The fourth-order valence-electron chi connectivity index (χ4n) is 0.985. The number of pyridine rings is 1. The minimum absolute atomic E-state index is 0.534. The molecule has 0 fully saturated rings. The summed E-state index contributed by atoms with van der Waals surface area (Å²) in [5, 5.41) is 0. The van der Waals surface area contributed by atoms with Crippen LogP contribution in [-0.2, 0) is 0 Å². The van der Waals surface area contributed by atoms with Crippen LogP contribution in [-0.4, -0.2) is 37.1 Å². The highest BCUT2D eigenvalue weighted by Crippen LogP contribution is 2.20. The summed E-state index contributed by atoms with van der Waals surface area (Å²) >= 11 is 0. The van der Waals surface area contributed by atoms with Gasteiger partial charge >= 0.3 is 0 Å². The quantitative estimate of drug-likeness (QED) is 0.776. The number of nitrogens with two attached hydrogens (primary N) is 1. The molecule has 1 rings (SSSR count). The molecule has 0 atom stereocenters. The van der Waals surface area contributed by atoms with Gasteiger partial charge in [-0.1, -0.05) is 0 Å². The monoisotopic (exact) mass is 195 g/mol. The Kier molecular flexibility index (Phi) is 3.71. The van der Waals surface area contributed by atoms with Crippen molar-refractivity contribution in [3.05, 3.63) is 17.8 Å². The van der Waals surface area contributed by atoms with E-state index in [2.05, 4.69) is 4.98 Å². The zero-order chi connectivity index (χ0) is 10.6. The Morgan fingerprint density at radius 3 is 2.86 bits per heavy atom. The number of hydrogen-bond acceptors (Lipinski definition) is 4. The Hall–Kier alpha value is -1.29. The summed E-state index contributed by atoms with van der Waals surface area (Å²) in [5.74, 6) is 0.534. The number of nitrogens with zero attached hydrogens (tertiary/aromatic N) is 2. The molecule has 0 aromatic carbocycles. The van der Waals surface area contributed by atoms with Crippen LogP contribution < -0.4 is 10.5 Å². The summed E-state index contributed by atoms with van der Waals surface area (Å²) in [6.07, 6.45) is 1.71. The lowest BCUT2D eigenvalue weighted by Crippen LogP contribution is -2.20. The second kappa shape index (κ2) is 4.81. The molecular formula is C10H17N3O. The van der Waals surface area contributed by atoms with Crippen LogP contribution in [0, 0.1) is 6.92 Å². The van der Waals surface area contributed by atoms with Crippen LogP contribution in [0.1, 0.15) is 5.56 Å².